The summed E-state index contributed by atoms with van der Waals surface area (Å²) in [4.78, 5) is 25.0. The van der Waals surface area contributed by atoms with Crippen molar-refractivity contribution in [2.45, 2.75) is 85.6 Å². The van der Waals surface area contributed by atoms with E-state index in [1.165, 1.54) is 25.7 Å². The molecule has 1 aliphatic heterocycles. The minimum atomic E-state index is 0.0743. The molecule has 3 fully saturated rings. The van der Waals surface area contributed by atoms with Gasteiger partial charge in [-0.05, 0) is 73.2 Å². The van der Waals surface area contributed by atoms with E-state index in [-0.39, 0.29) is 28.1 Å². The van der Waals surface area contributed by atoms with Gasteiger partial charge in [0.25, 0.3) is 0 Å². The topological polar surface area (TPSA) is 46.2 Å². The van der Waals surface area contributed by atoms with Crippen LogP contribution in [0.4, 0.5) is 0 Å². The van der Waals surface area contributed by atoms with Gasteiger partial charge in [-0.2, -0.15) is 0 Å². The molecule has 4 aliphatic rings. The van der Waals surface area contributed by atoms with E-state index in [2.05, 4.69) is 46.0 Å². The van der Waals surface area contributed by atoms with Crippen LogP contribution in [0.15, 0.2) is 12.2 Å². The fourth-order valence-electron chi connectivity index (χ4n) is 7.51. The van der Waals surface area contributed by atoms with Crippen molar-refractivity contribution in [2.75, 3.05) is 0 Å². The summed E-state index contributed by atoms with van der Waals surface area (Å²) in [6.07, 6.45) is 11.7. The second-order valence-electron chi connectivity index (χ2n) is 11.6. The highest BCUT2D eigenvalue weighted by Gasteiger charge is 2.60. The first-order chi connectivity index (χ1) is 12.5. The van der Waals surface area contributed by atoms with Crippen molar-refractivity contribution < 1.29 is 9.59 Å². The summed E-state index contributed by atoms with van der Waals surface area (Å²) < 4.78 is 0. The lowest BCUT2D eigenvalue weighted by atomic mass is 9.47. The van der Waals surface area contributed by atoms with Gasteiger partial charge in [0.15, 0.2) is 0 Å². The number of hydrogen-bond acceptors (Lipinski definition) is 2. The fourth-order valence-corrected chi connectivity index (χ4v) is 7.51. The van der Waals surface area contributed by atoms with E-state index in [4.69, 9.17) is 0 Å². The third-order valence-corrected chi connectivity index (χ3v) is 8.78. The number of Topliss-reactive ketones (excluding diaryl/α,β-unsaturated/α-hetero) is 1. The van der Waals surface area contributed by atoms with E-state index in [9.17, 15) is 9.59 Å². The van der Waals surface area contributed by atoms with Gasteiger partial charge >= 0.3 is 0 Å². The number of carbonyl (C=O) groups excluding carboxylic acids is 2. The lowest BCUT2D eigenvalue weighted by Gasteiger charge is -2.58. The van der Waals surface area contributed by atoms with Crippen LogP contribution in [0.1, 0.15) is 79.6 Å². The summed E-state index contributed by atoms with van der Waals surface area (Å²) in [5, 5.41) is 3.23. The second-order valence-corrected chi connectivity index (χ2v) is 11.6. The van der Waals surface area contributed by atoms with Crippen molar-refractivity contribution in [3.8, 4) is 0 Å². The van der Waals surface area contributed by atoms with Crippen LogP contribution in [0.2, 0.25) is 0 Å². The molecule has 4 rings (SSSR count). The van der Waals surface area contributed by atoms with Crippen LogP contribution in [-0.2, 0) is 9.59 Å². The molecule has 0 aromatic heterocycles. The number of amides is 1. The van der Waals surface area contributed by atoms with Gasteiger partial charge in [0, 0.05) is 23.8 Å². The Kier molecular flexibility index (Phi) is 4.40. The number of ketones is 1. The molecule has 0 saturated heterocycles. The molecule has 7 atom stereocenters. The molecule has 0 aromatic carbocycles. The van der Waals surface area contributed by atoms with Crippen LogP contribution in [0, 0.1) is 39.9 Å². The number of rotatable bonds is 2. The van der Waals surface area contributed by atoms with Gasteiger partial charge < -0.3 is 5.32 Å². The Bertz CT molecular complexity index is 674. The molecular formula is C24H37NO2. The average molecular weight is 372 g/mol. The SMILES string of the molecule is CC(C)(C)CC(=O)C1CC[C@H]2[C@@H]3CCC4NC(=O)C=C[C@]4(C)[C@@H]3CC[C@]12C. The van der Waals surface area contributed by atoms with Crippen molar-refractivity contribution >= 4 is 11.7 Å². The van der Waals surface area contributed by atoms with Crippen LogP contribution in [-0.4, -0.2) is 17.7 Å². The summed E-state index contributed by atoms with van der Waals surface area (Å²) in [6, 6.07) is 0.292. The predicted octanol–water partition coefficient (Wildman–Crippen LogP) is 4.91. The van der Waals surface area contributed by atoms with E-state index >= 15 is 0 Å². The summed E-state index contributed by atoms with van der Waals surface area (Å²) in [7, 11) is 0. The Morgan fingerprint density at radius 3 is 2.56 bits per heavy atom. The number of fused-ring (bicyclic) bond motifs is 5. The second kappa shape index (κ2) is 6.19. The highest BCUT2D eigenvalue weighted by Crippen LogP contribution is 2.65. The third-order valence-electron chi connectivity index (χ3n) is 8.78. The lowest BCUT2D eigenvalue weighted by Crippen LogP contribution is -2.59. The number of nitrogens with one attached hydrogen (secondary N) is 1. The largest absolute Gasteiger partial charge is 0.349 e. The van der Waals surface area contributed by atoms with E-state index in [1.807, 2.05) is 0 Å². The van der Waals surface area contributed by atoms with Crippen LogP contribution < -0.4 is 5.32 Å². The molecule has 3 nitrogen and oxygen atoms in total. The lowest BCUT2D eigenvalue weighted by molar-refractivity contribution is -0.133. The molecule has 3 saturated carbocycles. The number of hydrogen-bond donors (Lipinski definition) is 1. The van der Waals surface area contributed by atoms with Crippen LogP contribution in [0.3, 0.4) is 0 Å². The molecule has 150 valence electrons. The normalized spacial score (nSPS) is 46.3. The van der Waals surface area contributed by atoms with E-state index in [1.54, 1.807) is 6.08 Å². The molecular weight excluding hydrogens is 334 g/mol. The molecule has 3 aliphatic carbocycles. The van der Waals surface area contributed by atoms with Crippen molar-refractivity contribution in [2.24, 2.45) is 39.9 Å². The maximum atomic E-state index is 13.1. The molecule has 0 radical (unpaired) electrons. The van der Waals surface area contributed by atoms with Gasteiger partial charge in [-0.15, -0.1) is 0 Å². The fraction of sp³-hybridized carbons (Fsp3) is 0.833. The maximum absolute atomic E-state index is 13.1. The van der Waals surface area contributed by atoms with Crippen molar-refractivity contribution in [1.82, 2.24) is 5.32 Å². The van der Waals surface area contributed by atoms with Crippen LogP contribution in [0.5, 0.6) is 0 Å². The minimum Gasteiger partial charge on any atom is -0.349 e. The standard InChI is InChI=1S/C24H37NO2/c1-22(2,3)14-19(26)18-8-7-16-15-6-9-20-24(5,13-11-21(27)25-20)17(15)10-12-23(16,18)4/h11,13,15-18,20H,6-10,12,14H2,1-5H3,(H,25,27)/t15-,16-,17+,18?,20?,23-,24+/m0/s1. The molecule has 0 bridgehead atoms. The summed E-state index contributed by atoms with van der Waals surface area (Å²) in [5.41, 5.74) is 0.360. The zero-order valence-corrected chi connectivity index (χ0v) is 17.8. The summed E-state index contributed by atoms with van der Waals surface area (Å²) in [5.74, 6) is 2.87. The molecule has 1 heterocycles. The smallest absolute Gasteiger partial charge is 0.243 e. The summed E-state index contributed by atoms with van der Waals surface area (Å²) >= 11 is 0. The van der Waals surface area contributed by atoms with Crippen molar-refractivity contribution in [3.05, 3.63) is 12.2 Å². The molecule has 0 aromatic rings. The Morgan fingerprint density at radius 2 is 1.85 bits per heavy atom. The minimum absolute atomic E-state index is 0.0743. The Balaban J connectivity index is 1.58. The number of carbonyl (C=O) groups is 2. The highest BCUT2D eigenvalue weighted by atomic mass is 16.1. The van der Waals surface area contributed by atoms with Crippen molar-refractivity contribution in [1.29, 1.82) is 0 Å². The molecule has 0 spiro atoms. The monoisotopic (exact) mass is 371 g/mol. The van der Waals surface area contributed by atoms with Gasteiger partial charge in [0.05, 0.1) is 0 Å². The van der Waals surface area contributed by atoms with Gasteiger partial charge in [-0.25, -0.2) is 0 Å². The van der Waals surface area contributed by atoms with Gasteiger partial charge in [0.2, 0.25) is 5.91 Å². The first-order valence-corrected chi connectivity index (χ1v) is 11.1. The quantitative estimate of drug-likeness (QED) is 0.750. The maximum Gasteiger partial charge on any atom is 0.243 e. The van der Waals surface area contributed by atoms with E-state index < -0.39 is 0 Å². The molecule has 1 amide bonds. The van der Waals surface area contributed by atoms with Crippen molar-refractivity contribution in [3.63, 3.8) is 0 Å². The first-order valence-electron chi connectivity index (χ1n) is 11.1. The highest BCUT2D eigenvalue weighted by molar-refractivity contribution is 5.89. The Labute approximate surface area is 164 Å². The molecule has 3 heteroatoms. The average Bonchev–Trinajstić information content (AvgIpc) is 2.91. The molecule has 1 N–H and O–H groups in total. The van der Waals surface area contributed by atoms with Gasteiger partial charge in [-0.1, -0.05) is 40.7 Å². The van der Waals surface area contributed by atoms with Gasteiger partial charge in [0.1, 0.15) is 5.78 Å². The third kappa shape index (κ3) is 3.00. The zero-order chi connectivity index (χ0) is 19.6. The Morgan fingerprint density at radius 1 is 1.11 bits per heavy atom. The van der Waals surface area contributed by atoms with Crippen LogP contribution in [0.25, 0.3) is 0 Å². The summed E-state index contributed by atoms with van der Waals surface area (Å²) in [6.45, 7) is 11.3. The first kappa shape index (κ1) is 19.2. The van der Waals surface area contributed by atoms with E-state index in [0.29, 0.717) is 36.0 Å². The zero-order valence-electron chi connectivity index (χ0n) is 17.8. The van der Waals surface area contributed by atoms with E-state index in [0.717, 1.165) is 12.8 Å². The Hall–Kier alpha value is -1.12. The molecule has 2 unspecified atom stereocenters. The van der Waals surface area contributed by atoms with Gasteiger partial charge in [-0.3, -0.25) is 9.59 Å². The predicted molar refractivity (Wildman–Crippen MR) is 108 cm³/mol. The molecule has 27 heavy (non-hydrogen) atoms. The van der Waals surface area contributed by atoms with Crippen LogP contribution >= 0.6 is 0 Å².